The van der Waals surface area contributed by atoms with Crippen molar-refractivity contribution in [3.8, 4) is 0 Å². The van der Waals surface area contributed by atoms with E-state index in [1.165, 1.54) is 12.1 Å². The van der Waals surface area contributed by atoms with Gasteiger partial charge in [-0.25, -0.2) is 13.1 Å². The molecule has 1 aromatic rings. The zero-order valence-electron chi connectivity index (χ0n) is 10.0. The van der Waals surface area contributed by atoms with Gasteiger partial charge in [-0.1, -0.05) is 0 Å². The zero-order chi connectivity index (χ0) is 14.0. The van der Waals surface area contributed by atoms with E-state index in [1.54, 1.807) is 6.07 Å². The van der Waals surface area contributed by atoms with Crippen LogP contribution < -0.4 is 15.8 Å². The number of carbonyl (C=O) groups is 1. The van der Waals surface area contributed by atoms with Crippen molar-refractivity contribution in [1.82, 2.24) is 10.0 Å². The molecule has 4 N–H and O–H groups in total. The first-order chi connectivity index (χ1) is 8.88. The van der Waals surface area contributed by atoms with Gasteiger partial charge in [0.15, 0.2) is 0 Å². The summed E-state index contributed by atoms with van der Waals surface area (Å²) in [5.41, 5.74) is 5.95. The molecule has 19 heavy (non-hydrogen) atoms. The van der Waals surface area contributed by atoms with Gasteiger partial charge < -0.3 is 11.1 Å². The van der Waals surface area contributed by atoms with E-state index in [1.807, 2.05) is 0 Å². The predicted molar refractivity (Wildman–Crippen MR) is 74.9 cm³/mol. The molecule has 6 nitrogen and oxygen atoms in total. The van der Waals surface area contributed by atoms with Crippen LogP contribution >= 0.6 is 15.9 Å². The minimum atomic E-state index is -3.72. The van der Waals surface area contributed by atoms with E-state index >= 15 is 0 Å². The molecule has 1 amide bonds. The molecule has 0 aromatic heterocycles. The van der Waals surface area contributed by atoms with Gasteiger partial charge in [-0.2, -0.15) is 0 Å². The standard InChI is InChI=1S/C11H14BrN3O3S/c12-9-4-3-8(5-10(9)13)19(17,18)14-6-11(16)15-7-1-2-7/h3-5,7,14H,1-2,6,13H2,(H,15,16). The topological polar surface area (TPSA) is 101 Å². The normalized spacial score (nSPS) is 15.2. The third-order valence-corrected chi connectivity index (χ3v) is 4.76. The third-order valence-electron chi connectivity index (χ3n) is 2.64. The lowest BCUT2D eigenvalue weighted by Crippen LogP contribution is -2.37. The number of rotatable bonds is 5. The number of carbonyl (C=O) groups excluding carboxylic acids is 1. The highest BCUT2D eigenvalue weighted by Crippen LogP contribution is 2.22. The number of sulfonamides is 1. The van der Waals surface area contributed by atoms with E-state index in [4.69, 9.17) is 5.73 Å². The number of anilines is 1. The third kappa shape index (κ3) is 3.92. The van der Waals surface area contributed by atoms with Gasteiger partial charge in [0.1, 0.15) is 0 Å². The highest BCUT2D eigenvalue weighted by Gasteiger charge is 2.24. The quantitative estimate of drug-likeness (QED) is 0.678. The second-order valence-corrected chi connectivity index (χ2v) is 6.97. The Bertz CT molecular complexity index is 599. The first kappa shape index (κ1) is 14.3. The summed E-state index contributed by atoms with van der Waals surface area (Å²) in [6, 6.07) is 4.52. The smallest absolute Gasteiger partial charge is 0.241 e. The Morgan fingerprint density at radius 2 is 2.11 bits per heavy atom. The van der Waals surface area contributed by atoms with Gasteiger partial charge in [-0.15, -0.1) is 0 Å². The summed E-state index contributed by atoms with van der Waals surface area (Å²) in [4.78, 5) is 11.5. The Hall–Kier alpha value is -1.12. The number of amides is 1. The number of hydrogen-bond acceptors (Lipinski definition) is 4. The molecule has 0 saturated heterocycles. The van der Waals surface area contributed by atoms with Gasteiger partial charge in [0.05, 0.1) is 11.4 Å². The average Bonchev–Trinajstić information content (AvgIpc) is 3.14. The number of nitrogen functional groups attached to an aromatic ring is 1. The molecule has 0 bridgehead atoms. The molecule has 1 aliphatic rings. The first-order valence-corrected chi connectivity index (χ1v) is 8.00. The van der Waals surface area contributed by atoms with Crippen LogP contribution in [0.25, 0.3) is 0 Å². The van der Waals surface area contributed by atoms with Gasteiger partial charge in [-0.05, 0) is 47.0 Å². The van der Waals surface area contributed by atoms with Crippen molar-refractivity contribution < 1.29 is 13.2 Å². The molecular formula is C11H14BrN3O3S. The molecular weight excluding hydrogens is 334 g/mol. The van der Waals surface area contributed by atoms with Crippen LogP contribution in [0.15, 0.2) is 27.6 Å². The zero-order valence-corrected chi connectivity index (χ0v) is 12.4. The van der Waals surface area contributed by atoms with Gasteiger partial charge in [-0.3, -0.25) is 4.79 Å². The minimum absolute atomic E-state index is 0.0346. The summed E-state index contributed by atoms with van der Waals surface area (Å²) >= 11 is 3.19. The summed E-state index contributed by atoms with van der Waals surface area (Å²) in [5, 5.41) is 2.70. The number of nitrogens with two attached hydrogens (primary N) is 1. The molecule has 1 aromatic carbocycles. The van der Waals surface area contributed by atoms with Crippen LogP contribution in [0.4, 0.5) is 5.69 Å². The maximum atomic E-state index is 11.9. The highest BCUT2D eigenvalue weighted by molar-refractivity contribution is 9.10. The molecule has 8 heteroatoms. The molecule has 1 fully saturated rings. The maximum Gasteiger partial charge on any atom is 0.241 e. The van der Waals surface area contributed by atoms with E-state index < -0.39 is 10.0 Å². The summed E-state index contributed by atoms with van der Waals surface area (Å²) in [7, 11) is -3.72. The van der Waals surface area contributed by atoms with Crippen molar-refractivity contribution in [1.29, 1.82) is 0 Å². The first-order valence-electron chi connectivity index (χ1n) is 5.72. The predicted octanol–water partition coefficient (Wildman–Crippen LogP) is 0.588. The molecule has 0 heterocycles. The van der Waals surface area contributed by atoms with E-state index in [0.29, 0.717) is 10.2 Å². The van der Waals surface area contributed by atoms with Gasteiger partial charge in [0.25, 0.3) is 0 Å². The fraction of sp³-hybridized carbons (Fsp3) is 0.364. The second kappa shape index (κ2) is 5.48. The number of nitrogens with one attached hydrogen (secondary N) is 2. The van der Waals surface area contributed by atoms with Gasteiger partial charge in [0, 0.05) is 16.2 Å². The maximum absolute atomic E-state index is 11.9. The Balaban J connectivity index is 2.00. The van der Waals surface area contributed by atoms with Crippen LogP contribution in [0.1, 0.15) is 12.8 Å². The molecule has 0 atom stereocenters. The molecule has 1 aliphatic carbocycles. The Morgan fingerprint density at radius 3 is 2.68 bits per heavy atom. The minimum Gasteiger partial charge on any atom is -0.398 e. The molecule has 0 spiro atoms. The number of benzene rings is 1. The van der Waals surface area contributed by atoms with Crippen LogP contribution in [-0.4, -0.2) is 26.9 Å². The fourth-order valence-corrected chi connectivity index (χ4v) is 2.70. The average molecular weight is 348 g/mol. The van der Waals surface area contributed by atoms with Crippen LogP contribution in [0, 0.1) is 0 Å². The summed E-state index contributed by atoms with van der Waals surface area (Å²) in [6.45, 7) is -0.269. The summed E-state index contributed by atoms with van der Waals surface area (Å²) < 4.78 is 26.7. The molecule has 104 valence electrons. The highest BCUT2D eigenvalue weighted by atomic mass is 79.9. The lowest BCUT2D eigenvalue weighted by atomic mass is 10.3. The Morgan fingerprint density at radius 1 is 1.42 bits per heavy atom. The Labute approximate surface area is 119 Å². The molecule has 2 rings (SSSR count). The summed E-state index contributed by atoms with van der Waals surface area (Å²) in [6.07, 6.45) is 1.92. The van der Waals surface area contributed by atoms with Crippen LogP contribution in [0.3, 0.4) is 0 Å². The molecule has 0 aliphatic heterocycles. The van der Waals surface area contributed by atoms with Crippen molar-refractivity contribution in [3.05, 3.63) is 22.7 Å². The van der Waals surface area contributed by atoms with Crippen molar-refractivity contribution in [2.24, 2.45) is 0 Å². The van der Waals surface area contributed by atoms with Crippen molar-refractivity contribution >= 4 is 37.5 Å². The van der Waals surface area contributed by atoms with E-state index in [0.717, 1.165) is 12.8 Å². The largest absolute Gasteiger partial charge is 0.398 e. The van der Waals surface area contributed by atoms with Gasteiger partial charge >= 0.3 is 0 Å². The van der Waals surface area contributed by atoms with E-state index in [9.17, 15) is 13.2 Å². The fourth-order valence-electron chi connectivity index (χ4n) is 1.44. The molecule has 0 radical (unpaired) electrons. The van der Waals surface area contributed by atoms with Crippen LogP contribution in [0.5, 0.6) is 0 Å². The van der Waals surface area contributed by atoms with Crippen molar-refractivity contribution in [2.75, 3.05) is 12.3 Å². The molecule has 1 saturated carbocycles. The lowest BCUT2D eigenvalue weighted by molar-refractivity contribution is -0.120. The lowest BCUT2D eigenvalue weighted by Gasteiger charge is -2.08. The second-order valence-electron chi connectivity index (χ2n) is 4.35. The summed E-state index contributed by atoms with van der Waals surface area (Å²) in [5.74, 6) is -0.323. The molecule has 0 unspecified atom stereocenters. The van der Waals surface area contributed by atoms with Crippen molar-refractivity contribution in [2.45, 2.75) is 23.8 Å². The number of hydrogen-bond donors (Lipinski definition) is 3. The number of halogens is 1. The van der Waals surface area contributed by atoms with E-state index in [-0.39, 0.29) is 23.4 Å². The van der Waals surface area contributed by atoms with Gasteiger partial charge in [0.2, 0.25) is 15.9 Å². The SMILES string of the molecule is Nc1cc(S(=O)(=O)NCC(=O)NC2CC2)ccc1Br. The Kier molecular flexibility index (Phi) is 4.12. The van der Waals surface area contributed by atoms with E-state index in [2.05, 4.69) is 26.0 Å². The van der Waals surface area contributed by atoms with Crippen LogP contribution in [-0.2, 0) is 14.8 Å². The van der Waals surface area contributed by atoms with Crippen molar-refractivity contribution in [3.63, 3.8) is 0 Å². The monoisotopic (exact) mass is 347 g/mol. The van der Waals surface area contributed by atoms with Crippen LogP contribution in [0.2, 0.25) is 0 Å².